The van der Waals surface area contributed by atoms with Gasteiger partial charge in [-0.25, -0.2) is 4.68 Å². The number of aromatic hydroxyl groups is 1. The molecule has 2 aromatic heterocycles. The van der Waals surface area contributed by atoms with Gasteiger partial charge >= 0.3 is 0 Å². The van der Waals surface area contributed by atoms with Crippen LogP contribution in [-0.2, 0) is 6.42 Å². The number of nitrogens with zero attached hydrogens (tertiary/aromatic N) is 3. The predicted octanol–water partition coefficient (Wildman–Crippen LogP) is 4.55. The molecule has 152 valence electrons. The van der Waals surface area contributed by atoms with Gasteiger partial charge in [-0.15, -0.1) is 11.3 Å². The zero-order chi connectivity index (χ0) is 20.8. The lowest BCUT2D eigenvalue weighted by molar-refractivity contribution is 0.373. The molecule has 0 bridgehead atoms. The summed E-state index contributed by atoms with van der Waals surface area (Å²) >= 11 is 1.49. The summed E-state index contributed by atoms with van der Waals surface area (Å²) in [4.78, 5) is 5.49. The molecule has 0 aliphatic rings. The van der Waals surface area contributed by atoms with Gasteiger partial charge in [-0.2, -0.15) is 5.10 Å². The van der Waals surface area contributed by atoms with Crippen molar-refractivity contribution in [3.05, 3.63) is 88.2 Å². The monoisotopic (exact) mass is 419 g/mol. The highest BCUT2D eigenvalue weighted by Crippen LogP contribution is 2.28. The zero-order valence-electron chi connectivity index (χ0n) is 16.4. The van der Waals surface area contributed by atoms with Gasteiger partial charge in [0, 0.05) is 17.5 Å². The molecule has 0 fully saturated rings. The van der Waals surface area contributed by atoms with E-state index in [9.17, 15) is 5.11 Å². The van der Waals surface area contributed by atoms with Crippen LogP contribution in [0.25, 0.3) is 11.5 Å². The van der Waals surface area contributed by atoms with Crippen molar-refractivity contribution in [3.8, 4) is 23.0 Å². The van der Waals surface area contributed by atoms with Gasteiger partial charge in [-0.05, 0) is 36.2 Å². The molecule has 4 aromatic rings. The first kappa shape index (κ1) is 19.7. The number of furan rings is 1. The molecule has 6 nitrogen and oxygen atoms in total. The number of phenolic OH excluding ortho intramolecular Hbond substituents is 1. The van der Waals surface area contributed by atoms with Gasteiger partial charge in [0.2, 0.25) is 4.80 Å². The summed E-state index contributed by atoms with van der Waals surface area (Å²) in [5, 5.41) is 16.9. The highest BCUT2D eigenvalue weighted by Gasteiger charge is 2.11. The van der Waals surface area contributed by atoms with E-state index in [4.69, 9.17) is 14.1 Å². The van der Waals surface area contributed by atoms with E-state index in [2.05, 4.69) is 17.2 Å². The first-order chi connectivity index (χ1) is 14.8. The van der Waals surface area contributed by atoms with Crippen molar-refractivity contribution in [1.29, 1.82) is 0 Å². The molecule has 0 saturated heterocycles. The summed E-state index contributed by atoms with van der Waals surface area (Å²) in [5.74, 6) is 1.14. The molecule has 2 aromatic carbocycles. The minimum atomic E-state index is 0.0432. The van der Waals surface area contributed by atoms with E-state index in [1.807, 2.05) is 35.7 Å². The average Bonchev–Trinajstić information content (AvgIpc) is 3.44. The molecule has 0 spiro atoms. The molecule has 0 amide bonds. The van der Waals surface area contributed by atoms with Crippen molar-refractivity contribution >= 4 is 17.6 Å². The van der Waals surface area contributed by atoms with E-state index in [1.165, 1.54) is 24.0 Å². The van der Waals surface area contributed by atoms with Crippen LogP contribution in [0.2, 0.25) is 0 Å². The topological polar surface area (TPSA) is 72.2 Å². The number of rotatable bonds is 7. The Hall–Kier alpha value is -3.58. The second-order valence-corrected chi connectivity index (χ2v) is 7.29. The number of aromatic nitrogens is 1. The van der Waals surface area contributed by atoms with E-state index in [0.29, 0.717) is 23.6 Å². The van der Waals surface area contributed by atoms with Gasteiger partial charge in [0.05, 0.1) is 19.6 Å². The summed E-state index contributed by atoms with van der Waals surface area (Å²) in [6, 6.07) is 19.2. The number of phenols is 1. The van der Waals surface area contributed by atoms with Crippen LogP contribution in [0.1, 0.15) is 11.1 Å². The Labute approximate surface area is 178 Å². The fourth-order valence-electron chi connectivity index (χ4n) is 2.97. The van der Waals surface area contributed by atoms with Gasteiger partial charge in [0.15, 0.2) is 17.3 Å². The minimum absolute atomic E-state index is 0.0432. The maximum atomic E-state index is 10.3. The third-order valence-corrected chi connectivity index (χ3v) is 5.37. The first-order valence-electron chi connectivity index (χ1n) is 9.45. The number of thiazole rings is 1. The third kappa shape index (κ3) is 4.36. The second-order valence-electron chi connectivity index (χ2n) is 6.45. The van der Waals surface area contributed by atoms with Crippen LogP contribution in [0, 0.1) is 0 Å². The summed E-state index contributed by atoms with van der Waals surface area (Å²) in [6.45, 7) is 0.641. The SMILES string of the molecule is COc1cccc(C=Nn2c(-c3ccco3)csc2=NCCc2ccccc2)c1O. The number of methoxy groups -OCH3 is 1. The van der Waals surface area contributed by atoms with Crippen LogP contribution >= 0.6 is 11.3 Å². The Morgan fingerprint density at radius 1 is 1.10 bits per heavy atom. The molecule has 0 radical (unpaired) electrons. The Bertz CT molecular complexity index is 1190. The van der Waals surface area contributed by atoms with Gasteiger partial charge < -0.3 is 14.3 Å². The first-order valence-corrected chi connectivity index (χ1v) is 10.3. The predicted molar refractivity (Wildman–Crippen MR) is 118 cm³/mol. The molecule has 0 saturated carbocycles. The van der Waals surface area contributed by atoms with Gasteiger partial charge in [0.1, 0.15) is 5.69 Å². The number of hydrogen-bond acceptors (Lipinski definition) is 6. The lowest BCUT2D eigenvalue weighted by Gasteiger charge is -2.05. The largest absolute Gasteiger partial charge is 0.504 e. The van der Waals surface area contributed by atoms with E-state index < -0.39 is 0 Å². The number of para-hydroxylation sites is 1. The number of hydrogen-bond donors (Lipinski definition) is 1. The van der Waals surface area contributed by atoms with Crippen LogP contribution in [0.15, 0.2) is 86.8 Å². The molecule has 0 aliphatic heterocycles. The normalized spacial score (nSPS) is 12.0. The second kappa shape index (κ2) is 9.28. The maximum Gasteiger partial charge on any atom is 0.206 e. The number of benzene rings is 2. The summed E-state index contributed by atoms with van der Waals surface area (Å²) < 4.78 is 12.5. The van der Waals surface area contributed by atoms with E-state index in [1.54, 1.807) is 35.4 Å². The van der Waals surface area contributed by atoms with Crippen molar-refractivity contribution in [3.63, 3.8) is 0 Å². The Balaban J connectivity index is 1.68. The van der Waals surface area contributed by atoms with Crippen molar-refractivity contribution < 1.29 is 14.3 Å². The Morgan fingerprint density at radius 2 is 1.97 bits per heavy atom. The molecule has 30 heavy (non-hydrogen) atoms. The standard InChI is InChI=1S/C23H21N3O3S/c1-28-21-10-5-9-18(22(21)27)15-25-26-19(20-11-6-14-29-20)16-30-23(26)24-13-12-17-7-3-2-4-8-17/h2-11,14-16,27H,12-13H2,1H3. The van der Waals surface area contributed by atoms with Crippen LogP contribution < -0.4 is 9.54 Å². The molecule has 1 N–H and O–H groups in total. The molecule has 2 heterocycles. The molecule has 4 rings (SSSR count). The molecule has 0 aliphatic carbocycles. The third-order valence-electron chi connectivity index (χ3n) is 4.51. The van der Waals surface area contributed by atoms with Crippen molar-refractivity contribution in [1.82, 2.24) is 4.68 Å². The Kier molecular flexibility index (Phi) is 6.10. The summed E-state index contributed by atoms with van der Waals surface area (Å²) in [7, 11) is 1.52. The minimum Gasteiger partial charge on any atom is -0.504 e. The quantitative estimate of drug-likeness (QED) is 0.447. The maximum absolute atomic E-state index is 10.3. The van der Waals surface area contributed by atoms with Crippen molar-refractivity contribution in [2.45, 2.75) is 6.42 Å². The van der Waals surface area contributed by atoms with E-state index >= 15 is 0 Å². The smallest absolute Gasteiger partial charge is 0.206 e. The molecular formula is C23H21N3O3S. The zero-order valence-corrected chi connectivity index (χ0v) is 17.2. The van der Waals surface area contributed by atoms with E-state index in [-0.39, 0.29) is 5.75 Å². The van der Waals surface area contributed by atoms with Crippen LogP contribution in [0.5, 0.6) is 11.5 Å². The highest BCUT2D eigenvalue weighted by atomic mass is 32.1. The van der Waals surface area contributed by atoms with Gasteiger partial charge in [0.25, 0.3) is 0 Å². The van der Waals surface area contributed by atoms with Crippen molar-refractivity contribution in [2.24, 2.45) is 10.1 Å². The fourth-order valence-corrected chi connectivity index (χ4v) is 3.81. The lowest BCUT2D eigenvalue weighted by Crippen LogP contribution is -2.13. The van der Waals surface area contributed by atoms with E-state index in [0.717, 1.165) is 16.9 Å². The fraction of sp³-hybridized carbons (Fsp3) is 0.130. The molecule has 7 heteroatoms. The summed E-state index contributed by atoms with van der Waals surface area (Å²) in [5.41, 5.74) is 2.58. The van der Waals surface area contributed by atoms with Crippen LogP contribution in [0.4, 0.5) is 0 Å². The summed E-state index contributed by atoms with van der Waals surface area (Å²) in [6.07, 6.45) is 4.06. The molecular weight excluding hydrogens is 398 g/mol. The van der Waals surface area contributed by atoms with Gasteiger partial charge in [-0.3, -0.25) is 4.99 Å². The number of ether oxygens (including phenoxy) is 1. The highest BCUT2D eigenvalue weighted by molar-refractivity contribution is 7.07. The Morgan fingerprint density at radius 3 is 2.73 bits per heavy atom. The van der Waals surface area contributed by atoms with Crippen molar-refractivity contribution in [2.75, 3.05) is 13.7 Å². The lowest BCUT2D eigenvalue weighted by atomic mass is 10.2. The van der Waals surface area contributed by atoms with Crippen LogP contribution in [-0.4, -0.2) is 29.7 Å². The molecule has 0 atom stereocenters. The van der Waals surface area contributed by atoms with Gasteiger partial charge in [-0.1, -0.05) is 36.4 Å². The van der Waals surface area contributed by atoms with Crippen LogP contribution in [0.3, 0.4) is 0 Å². The average molecular weight is 420 g/mol. The molecule has 0 unspecified atom stereocenters.